The lowest BCUT2D eigenvalue weighted by Crippen LogP contribution is -2.11. The molecule has 0 spiro atoms. The van der Waals surface area contributed by atoms with Crippen molar-refractivity contribution in [2.45, 2.75) is 26.7 Å². The van der Waals surface area contributed by atoms with E-state index in [0.29, 0.717) is 11.1 Å². The van der Waals surface area contributed by atoms with E-state index in [1.807, 2.05) is 26.0 Å². The highest BCUT2D eigenvalue weighted by molar-refractivity contribution is 6.22. The van der Waals surface area contributed by atoms with Crippen molar-refractivity contribution in [3.8, 4) is 0 Å². The van der Waals surface area contributed by atoms with E-state index in [0.717, 1.165) is 12.8 Å². The number of carbonyl (C=O) groups is 2. The minimum absolute atomic E-state index is 0.0750. The molecule has 0 radical (unpaired) electrons. The van der Waals surface area contributed by atoms with E-state index >= 15 is 0 Å². The predicted octanol–water partition coefficient (Wildman–Crippen LogP) is 2.92. The van der Waals surface area contributed by atoms with Gasteiger partial charge in [-0.05, 0) is 25.0 Å². The molecule has 16 heavy (non-hydrogen) atoms. The number of hydrogen-bond donors (Lipinski definition) is 0. The summed E-state index contributed by atoms with van der Waals surface area (Å²) in [5.41, 5.74) is 0.954. The molecule has 0 aromatic carbocycles. The third-order valence-corrected chi connectivity index (χ3v) is 2.19. The van der Waals surface area contributed by atoms with Crippen LogP contribution in [0.1, 0.15) is 26.7 Å². The minimum Gasteiger partial charge on any atom is -0.290 e. The van der Waals surface area contributed by atoms with Crippen molar-refractivity contribution in [1.82, 2.24) is 0 Å². The lowest BCUT2D eigenvalue weighted by atomic mass is 9.95. The average molecular weight is 216 g/mol. The molecule has 0 heterocycles. The molecule has 0 saturated heterocycles. The molecular weight excluding hydrogens is 200 g/mol. The third-order valence-electron chi connectivity index (χ3n) is 2.19. The molecule has 1 aliphatic carbocycles. The summed E-state index contributed by atoms with van der Waals surface area (Å²) >= 11 is 0. The first-order chi connectivity index (χ1) is 7.69. The number of allylic oxidation sites excluding steroid dienone is 8. The van der Waals surface area contributed by atoms with E-state index in [4.69, 9.17) is 0 Å². The first-order valence-electron chi connectivity index (χ1n) is 5.54. The highest BCUT2D eigenvalue weighted by atomic mass is 16.1. The lowest BCUT2D eigenvalue weighted by molar-refractivity contribution is -0.114. The maximum Gasteiger partial charge on any atom is 0.193 e. The van der Waals surface area contributed by atoms with Gasteiger partial charge in [-0.15, -0.1) is 0 Å². The largest absolute Gasteiger partial charge is 0.290 e. The van der Waals surface area contributed by atoms with Gasteiger partial charge in [0.25, 0.3) is 0 Å². The van der Waals surface area contributed by atoms with Crippen molar-refractivity contribution >= 4 is 11.6 Å². The Morgan fingerprint density at radius 2 is 1.38 bits per heavy atom. The molecule has 0 aliphatic heterocycles. The molecule has 0 aromatic rings. The van der Waals surface area contributed by atoms with E-state index in [2.05, 4.69) is 0 Å². The Bertz CT molecular complexity index is 370. The van der Waals surface area contributed by atoms with Crippen LogP contribution in [-0.4, -0.2) is 11.6 Å². The van der Waals surface area contributed by atoms with Crippen molar-refractivity contribution in [2.75, 3.05) is 0 Å². The Morgan fingerprint density at radius 1 is 0.938 bits per heavy atom. The Kier molecular flexibility index (Phi) is 4.65. The molecule has 1 rings (SSSR count). The Labute approximate surface area is 96.0 Å². The van der Waals surface area contributed by atoms with Gasteiger partial charge >= 0.3 is 0 Å². The maximum atomic E-state index is 11.9. The SMILES string of the molecule is CCC=CC1=CC(=O)C=C(C=CCC)C1=O. The Morgan fingerprint density at radius 3 is 1.75 bits per heavy atom. The van der Waals surface area contributed by atoms with E-state index < -0.39 is 0 Å². The first-order valence-corrected chi connectivity index (χ1v) is 5.54. The fourth-order valence-electron chi connectivity index (χ4n) is 1.38. The number of hydrogen-bond acceptors (Lipinski definition) is 2. The standard InChI is InChI=1S/C14H16O2/c1-3-5-7-11-9-13(15)10-12(14(11)16)8-6-4-2/h5-10H,3-4H2,1-2H3. The van der Waals surface area contributed by atoms with Crippen molar-refractivity contribution in [3.05, 3.63) is 47.6 Å². The molecule has 0 bridgehead atoms. The summed E-state index contributed by atoms with van der Waals surface area (Å²) in [4.78, 5) is 23.3. The molecule has 2 heteroatoms. The van der Waals surface area contributed by atoms with Gasteiger partial charge in [0.05, 0.1) is 0 Å². The molecule has 84 valence electrons. The highest BCUT2D eigenvalue weighted by Crippen LogP contribution is 2.15. The quantitative estimate of drug-likeness (QED) is 0.677. The van der Waals surface area contributed by atoms with E-state index in [1.165, 1.54) is 12.2 Å². The van der Waals surface area contributed by atoms with E-state index in [1.54, 1.807) is 12.2 Å². The second kappa shape index (κ2) is 6.01. The molecule has 0 aromatic heterocycles. The van der Waals surface area contributed by atoms with Crippen LogP contribution in [0.25, 0.3) is 0 Å². The molecule has 2 nitrogen and oxygen atoms in total. The van der Waals surface area contributed by atoms with Crippen molar-refractivity contribution in [2.24, 2.45) is 0 Å². The molecule has 0 atom stereocenters. The number of rotatable bonds is 4. The van der Waals surface area contributed by atoms with Crippen molar-refractivity contribution in [3.63, 3.8) is 0 Å². The zero-order chi connectivity index (χ0) is 12.0. The average Bonchev–Trinajstić information content (AvgIpc) is 2.28. The van der Waals surface area contributed by atoms with Crippen LogP contribution in [0.3, 0.4) is 0 Å². The Hall–Kier alpha value is -1.70. The molecule has 0 N–H and O–H groups in total. The maximum absolute atomic E-state index is 11.9. The number of ketones is 2. The summed E-state index contributed by atoms with van der Waals surface area (Å²) in [6.45, 7) is 3.97. The van der Waals surface area contributed by atoms with Gasteiger partial charge in [-0.2, -0.15) is 0 Å². The van der Waals surface area contributed by atoms with E-state index in [-0.39, 0.29) is 11.6 Å². The van der Waals surface area contributed by atoms with Crippen LogP contribution in [-0.2, 0) is 9.59 Å². The normalized spacial score (nSPS) is 17.1. The van der Waals surface area contributed by atoms with Gasteiger partial charge in [0.2, 0.25) is 0 Å². The topological polar surface area (TPSA) is 34.1 Å². The van der Waals surface area contributed by atoms with Crippen LogP contribution in [0.2, 0.25) is 0 Å². The first kappa shape index (κ1) is 12.4. The molecule has 0 saturated carbocycles. The third kappa shape index (κ3) is 3.16. The number of carbonyl (C=O) groups excluding carboxylic acids is 2. The highest BCUT2D eigenvalue weighted by Gasteiger charge is 2.17. The zero-order valence-corrected chi connectivity index (χ0v) is 9.69. The zero-order valence-electron chi connectivity index (χ0n) is 9.69. The van der Waals surface area contributed by atoms with Gasteiger partial charge in [-0.25, -0.2) is 0 Å². The summed E-state index contributed by atoms with van der Waals surface area (Å²) in [6.07, 6.45) is 11.7. The van der Waals surface area contributed by atoms with Crippen LogP contribution in [0.5, 0.6) is 0 Å². The number of Topliss-reactive ketones (excluding diaryl/α,β-unsaturated/α-hetero) is 1. The fourth-order valence-corrected chi connectivity index (χ4v) is 1.38. The monoisotopic (exact) mass is 216 g/mol. The summed E-state index contributed by atoms with van der Waals surface area (Å²) in [5.74, 6) is -0.194. The molecule has 0 unspecified atom stereocenters. The van der Waals surface area contributed by atoms with Gasteiger partial charge < -0.3 is 0 Å². The van der Waals surface area contributed by atoms with Gasteiger partial charge in [0.1, 0.15) is 0 Å². The van der Waals surface area contributed by atoms with Gasteiger partial charge in [0, 0.05) is 11.1 Å². The van der Waals surface area contributed by atoms with Crippen molar-refractivity contribution in [1.29, 1.82) is 0 Å². The second-order valence-corrected chi connectivity index (χ2v) is 3.55. The smallest absolute Gasteiger partial charge is 0.193 e. The van der Waals surface area contributed by atoms with Crippen LogP contribution < -0.4 is 0 Å². The van der Waals surface area contributed by atoms with Gasteiger partial charge in [-0.3, -0.25) is 9.59 Å². The van der Waals surface area contributed by atoms with Crippen LogP contribution >= 0.6 is 0 Å². The summed E-state index contributed by atoms with van der Waals surface area (Å²) in [6, 6.07) is 0. The molecule has 0 fully saturated rings. The summed E-state index contributed by atoms with van der Waals surface area (Å²) in [7, 11) is 0. The summed E-state index contributed by atoms with van der Waals surface area (Å²) in [5, 5.41) is 0. The van der Waals surface area contributed by atoms with Crippen LogP contribution in [0.15, 0.2) is 47.6 Å². The summed E-state index contributed by atoms with van der Waals surface area (Å²) < 4.78 is 0. The fraction of sp³-hybridized carbons (Fsp3) is 0.286. The lowest BCUT2D eigenvalue weighted by Gasteiger charge is -2.07. The van der Waals surface area contributed by atoms with E-state index in [9.17, 15) is 9.59 Å². The minimum atomic E-state index is -0.119. The van der Waals surface area contributed by atoms with Crippen LogP contribution in [0, 0.1) is 0 Å². The molecular formula is C14H16O2. The van der Waals surface area contributed by atoms with Gasteiger partial charge in [0.15, 0.2) is 11.6 Å². The second-order valence-electron chi connectivity index (χ2n) is 3.55. The molecule has 0 amide bonds. The molecule has 1 aliphatic rings. The Balaban J connectivity index is 2.93. The van der Waals surface area contributed by atoms with Crippen molar-refractivity contribution < 1.29 is 9.59 Å². The predicted molar refractivity (Wildman–Crippen MR) is 65.0 cm³/mol. The van der Waals surface area contributed by atoms with Gasteiger partial charge in [-0.1, -0.05) is 38.2 Å². The van der Waals surface area contributed by atoms with Crippen LogP contribution in [0.4, 0.5) is 0 Å².